The summed E-state index contributed by atoms with van der Waals surface area (Å²) in [6, 6.07) is 6.85. The van der Waals surface area contributed by atoms with Crippen molar-refractivity contribution in [1.29, 1.82) is 0 Å². The van der Waals surface area contributed by atoms with Crippen molar-refractivity contribution in [3.63, 3.8) is 0 Å². The molecule has 0 fully saturated rings. The van der Waals surface area contributed by atoms with Gasteiger partial charge in [-0.2, -0.15) is 0 Å². The molecule has 0 spiro atoms. The van der Waals surface area contributed by atoms with Gasteiger partial charge in [-0.05, 0) is 39.3 Å². The zero-order valence-electron chi connectivity index (χ0n) is 14.3. The van der Waals surface area contributed by atoms with E-state index in [1.54, 1.807) is 0 Å². The predicted molar refractivity (Wildman–Crippen MR) is 91.9 cm³/mol. The minimum atomic E-state index is -0.339. The van der Waals surface area contributed by atoms with Crippen LogP contribution in [-0.2, 0) is 4.79 Å². The highest BCUT2D eigenvalue weighted by Crippen LogP contribution is 2.17. The number of rotatable bonds is 5. The van der Waals surface area contributed by atoms with E-state index in [1.165, 1.54) is 17.2 Å². The van der Waals surface area contributed by atoms with Crippen molar-refractivity contribution in [2.24, 2.45) is 0 Å². The van der Waals surface area contributed by atoms with E-state index in [1.807, 2.05) is 45.9 Å². The lowest BCUT2D eigenvalue weighted by Crippen LogP contribution is -2.44. The van der Waals surface area contributed by atoms with Gasteiger partial charge in [-0.3, -0.25) is 4.79 Å². The maximum atomic E-state index is 12.5. The normalized spacial score (nSPS) is 10.5. The third-order valence-electron chi connectivity index (χ3n) is 3.53. The van der Waals surface area contributed by atoms with Gasteiger partial charge in [-0.25, -0.2) is 4.79 Å². The molecular weight excluding hydrogens is 308 g/mol. The summed E-state index contributed by atoms with van der Waals surface area (Å²) >= 11 is 0. The molecular formula is C17H22N4O3. The minimum Gasteiger partial charge on any atom is -0.363 e. The number of amides is 3. The Kier molecular flexibility index (Phi) is 5.57. The van der Waals surface area contributed by atoms with Crippen LogP contribution in [-0.4, -0.2) is 34.6 Å². The van der Waals surface area contributed by atoms with E-state index in [4.69, 9.17) is 0 Å². The molecule has 0 bridgehead atoms. The van der Waals surface area contributed by atoms with E-state index in [0.717, 1.165) is 16.8 Å². The highest BCUT2D eigenvalue weighted by molar-refractivity contribution is 5.96. The predicted octanol–water partition coefficient (Wildman–Crippen LogP) is 3.17. The number of nitrogens with zero attached hydrogens (tertiary/aromatic N) is 2. The second-order valence-corrected chi connectivity index (χ2v) is 5.90. The molecule has 7 heteroatoms. The summed E-state index contributed by atoms with van der Waals surface area (Å²) in [4.78, 5) is 26.1. The Morgan fingerprint density at radius 2 is 1.96 bits per heavy atom. The molecule has 0 radical (unpaired) electrons. The summed E-state index contributed by atoms with van der Waals surface area (Å²) < 4.78 is 4.66. The number of carbonyl (C=O) groups excluding carboxylic acids is 2. The Labute approximate surface area is 141 Å². The van der Waals surface area contributed by atoms with E-state index in [2.05, 4.69) is 20.3 Å². The van der Waals surface area contributed by atoms with Crippen LogP contribution in [0.2, 0.25) is 0 Å². The molecule has 0 saturated carbocycles. The second kappa shape index (κ2) is 7.63. The van der Waals surface area contributed by atoms with Crippen LogP contribution in [0.15, 0.2) is 35.1 Å². The molecule has 1 aromatic heterocycles. The molecule has 128 valence electrons. The van der Waals surface area contributed by atoms with Gasteiger partial charge in [0.05, 0.1) is 0 Å². The van der Waals surface area contributed by atoms with Crippen LogP contribution in [0.4, 0.5) is 16.3 Å². The fourth-order valence-electron chi connectivity index (χ4n) is 2.24. The Morgan fingerprint density at radius 1 is 1.21 bits per heavy atom. The maximum absolute atomic E-state index is 12.5. The van der Waals surface area contributed by atoms with Gasteiger partial charge in [0.15, 0.2) is 5.82 Å². The molecule has 2 aromatic rings. The van der Waals surface area contributed by atoms with Crippen molar-refractivity contribution in [2.75, 3.05) is 17.2 Å². The van der Waals surface area contributed by atoms with E-state index >= 15 is 0 Å². The first-order valence-corrected chi connectivity index (χ1v) is 7.72. The van der Waals surface area contributed by atoms with Crippen LogP contribution in [0.3, 0.4) is 0 Å². The number of benzene rings is 1. The van der Waals surface area contributed by atoms with Crippen LogP contribution in [0.1, 0.15) is 25.0 Å². The first-order chi connectivity index (χ1) is 11.4. The van der Waals surface area contributed by atoms with Crippen LogP contribution in [0.25, 0.3) is 0 Å². The average Bonchev–Trinajstić information content (AvgIpc) is 3.00. The Balaban J connectivity index is 2.03. The summed E-state index contributed by atoms with van der Waals surface area (Å²) in [7, 11) is 0. The van der Waals surface area contributed by atoms with Gasteiger partial charge in [-0.1, -0.05) is 22.9 Å². The molecule has 7 nitrogen and oxygen atoms in total. The first kappa shape index (κ1) is 17.5. The molecule has 0 unspecified atom stereocenters. The van der Waals surface area contributed by atoms with Crippen molar-refractivity contribution in [3.05, 3.63) is 41.7 Å². The Morgan fingerprint density at radius 3 is 2.54 bits per heavy atom. The molecule has 0 aliphatic rings. The fraction of sp³-hybridized carbons (Fsp3) is 0.353. The fourth-order valence-corrected chi connectivity index (χ4v) is 2.24. The number of aryl methyl sites for hydroxylation is 2. The Bertz CT molecular complexity index is 711. The summed E-state index contributed by atoms with van der Waals surface area (Å²) in [5.74, 6) is -0.0214. The van der Waals surface area contributed by atoms with Gasteiger partial charge in [0, 0.05) is 17.8 Å². The lowest BCUT2D eigenvalue weighted by molar-refractivity contribution is -0.117. The molecule has 2 N–H and O–H groups in total. The van der Waals surface area contributed by atoms with Gasteiger partial charge >= 0.3 is 6.03 Å². The summed E-state index contributed by atoms with van der Waals surface area (Å²) in [5, 5.41) is 9.05. The SMILES string of the molecule is Cc1ccc(NC(=O)N(CC(=O)Nc2ccon2)C(C)C)c(C)c1. The highest BCUT2D eigenvalue weighted by Gasteiger charge is 2.21. The van der Waals surface area contributed by atoms with Gasteiger partial charge in [0.1, 0.15) is 12.8 Å². The molecule has 24 heavy (non-hydrogen) atoms. The van der Waals surface area contributed by atoms with Crippen molar-refractivity contribution in [2.45, 2.75) is 33.7 Å². The smallest absolute Gasteiger partial charge is 0.322 e. The molecule has 0 atom stereocenters. The number of carbonyl (C=O) groups is 2. The van der Waals surface area contributed by atoms with Crippen molar-refractivity contribution in [3.8, 4) is 0 Å². The average molecular weight is 330 g/mol. The third kappa shape index (κ3) is 4.58. The summed E-state index contributed by atoms with van der Waals surface area (Å²) in [6.07, 6.45) is 1.36. The van der Waals surface area contributed by atoms with Gasteiger partial charge in [0.25, 0.3) is 0 Å². The van der Waals surface area contributed by atoms with E-state index in [9.17, 15) is 9.59 Å². The number of anilines is 2. The van der Waals surface area contributed by atoms with Gasteiger partial charge < -0.3 is 20.1 Å². The highest BCUT2D eigenvalue weighted by atomic mass is 16.5. The van der Waals surface area contributed by atoms with Crippen LogP contribution in [0, 0.1) is 13.8 Å². The topological polar surface area (TPSA) is 87.5 Å². The third-order valence-corrected chi connectivity index (χ3v) is 3.53. The molecule has 2 rings (SSSR count). The van der Waals surface area contributed by atoms with Gasteiger partial charge in [-0.15, -0.1) is 0 Å². The molecule has 3 amide bonds. The van der Waals surface area contributed by atoms with Crippen LogP contribution >= 0.6 is 0 Å². The van der Waals surface area contributed by atoms with Crippen molar-refractivity contribution >= 4 is 23.4 Å². The van der Waals surface area contributed by atoms with Crippen molar-refractivity contribution in [1.82, 2.24) is 10.1 Å². The largest absolute Gasteiger partial charge is 0.363 e. The zero-order valence-corrected chi connectivity index (χ0v) is 14.3. The zero-order chi connectivity index (χ0) is 17.7. The number of urea groups is 1. The lowest BCUT2D eigenvalue weighted by Gasteiger charge is -2.26. The molecule has 0 aliphatic heterocycles. The van der Waals surface area contributed by atoms with E-state index in [-0.39, 0.29) is 24.5 Å². The van der Waals surface area contributed by atoms with Crippen LogP contribution in [0.5, 0.6) is 0 Å². The van der Waals surface area contributed by atoms with Crippen molar-refractivity contribution < 1.29 is 14.1 Å². The van der Waals surface area contributed by atoms with E-state index in [0.29, 0.717) is 5.82 Å². The number of hydrogen-bond acceptors (Lipinski definition) is 4. The standard InChI is InChI=1S/C17H22N4O3/c1-11(2)21(10-16(22)19-15-7-8-24-20-15)17(23)18-14-6-5-12(3)9-13(14)4/h5-9,11H,10H2,1-4H3,(H,18,23)(H,19,20,22). The van der Waals surface area contributed by atoms with Crippen LogP contribution < -0.4 is 10.6 Å². The lowest BCUT2D eigenvalue weighted by atomic mass is 10.1. The van der Waals surface area contributed by atoms with Gasteiger partial charge in [0.2, 0.25) is 5.91 Å². The molecule has 1 aromatic carbocycles. The van der Waals surface area contributed by atoms with E-state index < -0.39 is 0 Å². The maximum Gasteiger partial charge on any atom is 0.322 e. The monoisotopic (exact) mass is 330 g/mol. The molecule has 1 heterocycles. The number of hydrogen-bond donors (Lipinski definition) is 2. The molecule has 0 aliphatic carbocycles. The summed E-state index contributed by atoms with van der Waals surface area (Å²) in [5.41, 5.74) is 2.82. The number of aromatic nitrogens is 1. The molecule has 0 saturated heterocycles. The minimum absolute atomic E-state index is 0.0821. The quantitative estimate of drug-likeness (QED) is 0.881. The summed E-state index contributed by atoms with van der Waals surface area (Å²) in [6.45, 7) is 7.55. The first-order valence-electron chi connectivity index (χ1n) is 7.72. The second-order valence-electron chi connectivity index (χ2n) is 5.90. The number of nitrogens with one attached hydrogen (secondary N) is 2. The Hall–Kier alpha value is -2.83.